The smallest absolute Gasteiger partial charge is 0.300 e. The molecule has 1 N–H and O–H groups in total. The molecule has 1 amide bonds. The Labute approximate surface area is 227 Å². The fraction of sp³-hybridized carbons (Fsp3) is 0.267. The summed E-state index contributed by atoms with van der Waals surface area (Å²) >= 11 is 6.26. The van der Waals surface area contributed by atoms with Crippen molar-refractivity contribution < 1.29 is 24.2 Å². The highest BCUT2D eigenvalue weighted by Crippen LogP contribution is 2.45. The minimum absolute atomic E-state index is 0.0494. The van der Waals surface area contributed by atoms with E-state index in [0.717, 1.165) is 11.3 Å². The van der Waals surface area contributed by atoms with Gasteiger partial charge in [-0.05, 0) is 47.4 Å². The number of ketones is 1. The molecule has 0 aromatic heterocycles. The first-order chi connectivity index (χ1) is 18.1. The first kappa shape index (κ1) is 27.1. The van der Waals surface area contributed by atoms with Gasteiger partial charge in [0.25, 0.3) is 11.7 Å². The van der Waals surface area contributed by atoms with E-state index < -0.39 is 17.7 Å². The quantitative estimate of drug-likeness (QED) is 0.222. The van der Waals surface area contributed by atoms with E-state index in [1.54, 1.807) is 12.1 Å². The number of ether oxygens (including phenoxy) is 2. The zero-order valence-electron chi connectivity index (χ0n) is 22.3. The third-order valence-corrected chi connectivity index (χ3v) is 7.03. The molecule has 38 heavy (non-hydrogen) atoms. The number of aliphatic hydroxyl groups is 1. The SMILES string of the molecule is COc1cc(/C(O)=C2\C(=O)C(=O)N(c3ccc(N(C)C)cc3)C2c2ccc(C(C)C)cc2)c(OC)cc1Cl. The number of halogens is 1. The lowest BCUT2D eigenvalue weighted by Gasteiger charge is -2.26. The molecular weight excluding hydrogens is 504 g/mol. The minimum Gasteiger partial charge on any atom is -0.507 e. The van der Waals surface area contributed by atoms with E-state index in [4.69, 9.17) is 21.1 Å². The molecule has 0 spiro atoms. The van der Waals surface area contributed by atoms with Gasteiger partial charge in [-0.1, -0.05) is 49.7 Å². The maximum absolute atomic E-state index is 13.5. The first-order valence-electron chi connectivity index (χ1n) is 12.2. The largest absolute Gasteiger partial charge is 0.507 e. The number of carbonyl (C=O) groups excluding carboxylic acids is 2. The molecule has 0 radical (unpaired) electrons. The van der Waals surface area contributed by atoms with E-state index in [1.165, 1.54) is 31.3 Å². The van der Waals surface area contributed by atoms with Gasteiger partial charge in [-0.25, -0.2) is 0 Å². The van der Waals surface area contributed by atoms with Gasteiger partial charge in [0.15, 0.2) is 0 Å². The molecule has 0 bridgehead atoms. The van der Waals surface area contributed by atoms with Crippen LogP contribution < -0.4 is 19.3 Å². The topological polar surface area (TPSA) is 79.3 Å². The standard InChI is InChI=1S/C30H31ClN2O5/c1-17(2)18-7-9-19(10-8-18)27-26(28(34)22-15-25(38-6)23(31)16-24(22)37-5)29(35)30(36)33(27)21-13-11-20(12-14-21)32(3)4/h7-17,27,34H,1-6H3/b28-26+. The molecule has 198 valence electrons. The fourth-order valence-electron chi connectivity index (χ4n) is 4.58. The number of Topliss-reactive ketones (excluding diaryl/α,β-unsaturated/α-hetero) is 1. The van der Waals surface area contributed by atoms with Crippen LogP contribution in [-0.4, -0.2) is 45.1 Å². The number of hydrogen-bond acceptors (Lipinski definition) is 6. The van der Waals surface area contributed by atoms with E-state index in [-0.39, 0.29) is 27.7 Å². The predicted octanol–water partition coefficient (Wildman–Crippen LogP) is 6.17. The first-order valence-corrected chi connectivity index (χ1v) is 12.6. The molecule has 3 aromatic carbocycles. The van der Waals surface area contributed by atoms with Crippen molar-refractivity contribution in [3.05, 3.63) is 87.9 Å². The lowest BCUT2D eigenvalue weighted by atomic mass is 9.92. The number of methoxy groups -OCH3 is 2. The number of carbonyl (C=O) groups is 2. The highest BCUT2D eigenvalue weighted by Gasteiger charge is 2.47. The van der Waals surface area contributed by atoms with Crippen LogP contribution in [0.15, 0.2) is 66.2 Å². The van der Waals surface area contributed by atoms with Crippen molar-refractivity contribution in [2.45, 2.75) is 25.8 Å². The Balaban J connectivity index is 1.96. The summed E-state index contributed by atoms with van der Waals surface area (Å²) in [6.45, 7) is 4.18. The number of rotatable bonds is 7. The average Bonchev–Trinajstić information content (AvgIpc) is 3.18. The van der Waals surface area contributed by atoms with Gasteiger partial charge >= 0.3 is 0 Å². The van der Waals surface area contributed by atoms with Crippen LogP contribution in [0.1, 0.15) is 42.5 Å². The molecule has 1 saturated heterocycles. The summed E-state index contributed by atoms with van der Waals surface area (Å²) in [4.78, 5) is 30.4. The molecule has 1 heterocycles. The summed E-state index contributed by atoms with van der Waals surface area (Å²) in [6, 6.07) is 17.2. The Hall–Kier alpha value is -3.97. The van der Waals surface area contributed by atoms with Crippen LogP contribution in [0.5, 0.6) is 11.5 Å². The monoisotopic (exact) mass is 534 g/mol. The number of nitrogens with zero attached hydrogens (tertiary/aromatic N) is 2. The summed E-state index contributed by atoms with van der Waals surface area (Å²) in [5, 5.41) is 11.9. The summed E-state index contributed by atoms with van der Waals surface area (Å²) in [5.41, 5.74) is 3.43. The molecule has 1 fully saturated rings. The van der Waals surface area contributed by atoms with E-state index in [1.807, 2.05) is 55.4 Å². The van der Waals surface area contributed by atoms with Crippen LogP contribution in [0, 0.1) is 0 Å². The number of aliphatic hydroxyl groups excluding tert-OH is 1. The van der Waals surface area contributed by atoms with Gasteiger partial charge in [-0.15, -0.1) is 0 Å². The van der Waals surface area contributed by atoms with Gasteiger partial charge in [0.2, 0.25) is 0 Å². The summed E-state index contributed by atoms with van der Waals surface area (Å²) in [6.07, 6.45) is 0. The summed E-state index contributed by atoms with van der Waals surface area (Å²) in [7, 11) is 6.72. The molecule has 0 saturated carbocycles. The van der Waals surface area contributed by atoms with Crippen molar-refractivity contribution in [2.24, 2.45) is 0 Å². The van der Waals surface area contributed by atoms with Crippen LogP contribution >= 0.6 is 11.6 Å². The average molecular weight is 535 g/mol. The van der Waals surface area contributed by atoms with Crippen molar-refractivity contribution in [1.29, 1.82) is 0 Å². The van der Waals surface area contributed by atoms with Gasteiger partial charge < -0.3 is 19.5 Å². The molecule has 3 aromatic rings. The van der Waals surface area contributed by atoms with Gasteiger partial charge in [0.1, 0.15) is 17.3 Å². The predicted molar refractivity (Wildman–Crippen MR) is 151 cm³/mol. The van der Waals surface area contributed by atoms with Crippen molar-refractivity contribution in [3.8, 4) is 11.5 Å². The number of benzene rings is 3. The van der Waals surface area contributed by atoms with E-state index in [9.17, 15) is 14.7 Å². The maximum Gasteiger partial charge on any atom is 0.300 e. The molecule has 4 rings (SSSR count). The summed E-state index contributed by atoms with van der Waals surface area (Å²) in [5.74, 6) is -1.07. The van der Waals surface area contributed by atoms with E-state index in [0.29, 0.717) is 22.9 Å². The van der Waals surface area contributed by atoms with Gasteiger partial charge in [-0.2, -0.15) is 0 Å². The Kier molecular flexibility index (Phi) is 7.69. The third kappa shape index (κ3) is 4.82. The number of anilines is 2. The lowest BCUT2D eigenvalue weighted by Crippen LogP contribution is -2.29. The molecule has 1 unspecified atom stereocenters. The van der Waals surface area contributed by atoms with E-state index >= 15 is 0 Å². The number of amides is 1. The van der Waals surface area contributed by atoms with Crippen molar-refractivity contribution in [1.82, 2.24) is 0 Å². The molecule has 1 aliphatic heterocycles. The van der Waals surface area contributed by atoms with Crippen molar-refractivity contribution in [3.63, 3.8) is 0 Å². The van der Waals surface area contributed by atoms with Crippen LogP contribution in [0.2, 0.25) is 5.02 Å². The van der Waals surface area contributed by atoms with Crippen molar-refractivity contribution in [2.75, 3.05) is 38.1 Å². The highest BCUT2D eigenvalue weighted by atomic mass is 35.5. The minimum atomic E-state index is -0.868. The second kappa shape index (κ2) is 10.8. The Morgan fingerprint density at radius 1 is 0.947 bits per heavy atom. The Morgan fingerprint density at radius 2 is 1.55 bits per heavy atom. The third-order valence-electron chi connectivity index (χ3n) is 6.74. The van der Waals surface area contributed by atoms with Gasteiger partial charge in [-0.3, -0.25) is 14.5 Å². The Bertz CT molecular complexity index is 1400. The molecule has 1 aliphatic rings. The van der Waals surface area contributed by atoms with Crippen LogP contribution in [-0.2, 0) is 9.59 Å². The molecule has 7 nitrogen and oxygen atoms in total. The number of hydrogen-bond donors (Lipinski definition) is 1. The second-order valence-corrected chi connectivity index (χ2v) is 10.00. The van der Waals surface area contributed by atoms with Gasteiger partial charge in [0.05, 0.1) is 36.4 Å². The van der Waals surface area contributed by atoms with Gasteiger partial charge in [0, 0.05) is 31.5 Å². The molecule has 0 aliphatic carbocycles. The fourth-order valence-corrected chi connectivity index (χ4v) is 4.81. The zero-order valence-corrected chi connectivity index (χ0v) is 23.0. The Morgan fingerprint density at radius 3 is 2.08 bits per heavy atom. The summed E-state index contributed by atoms with van der Waals surface area (Å²) < 4.78 is 10.8. The van der Waals surface area contributed by atoms with E-state index in [2.05, 4.69) is 13.8 Å². The highest BCUT2D eigenvalue weighted by molar-refractivity contribution is 6.51. The maximum atomic E-state index is 13.5. The second-order valence-electron chi connectivity index (χ2n) is 9.59. The van der Waals surface area contributed by atoms with Crippen molar-refractivity contribution >= 4 is 40.4 Å². The van der Waals surface area contributed by atoms with Crippen LogP contribution in [0.25, 0.3) is 5.76 Å². The molecule has 8 heteroatoms. The molecule has 1 atom stereocenters. The van der Waals surface area contributed by atoms with Crippen LogP contribution in [0.4, 0.5) is 11.4 Å². The van der Waals surface area contributed by atoms with Crippen LogP contribution in [0.3, 0.4) is 0 Å². The zero-order chi connectivity index (χ0) is 27.7. The normalized spacial score (nSPS) is 16.7. The molecular formula is C30H31ClN2O5. The lowest BCUT2D eigenvalue weighted by molar-refractivity contribution is -0.132.